The van der Waals surface area contributed by atoms with Crippen LogP contribution in [0.15, 0.2) is 57.9 Å². The van der Waals surface area contributed by atoms with Crippen molar-refractivity contribution in [1.82, 2.24) is 9.46 Å². The number of carbonyl (C=O) groups excluding carboxylic acids is 1. The summed E-state index contributed by atoms with van der Waals surface area (Å²) < 4.78 is 32.7. The number of anilines is 1. The predicted molar refractivity (Wildman–Crippen MR) is 123 cm³/mol. The van der Waals surface area contributed by atoms with Crippen LogP contribution in [0.2, 0.25) is 0 Å². The molecule has 0 spiro atoms. The Morgan fingerprint density at radius 3 is 2.53 bits per heavy atom. The molecule has 4 rings (SSSR count). The Bertz CT molecular complexity index is 1230. The highest BCUT2D eigenvalue weighted by Gasteiger charge is 2.28. The molecule has 1 fully saturated rings. The van der Waals surface area contributed by atoms with Gasteiger partial charge >= 0.3 is 0 Å². The van der Waals surface area contributed by atoms with Crippen LogP contribution in [0.3, 0.4) is 0 Å². The third-order valence-electron chi connectivity index (χ3n) is 5.90. The van der Waals surface area contributed by atoms with Crippen molar-refractivity contribution >= 4 is 21.6 Å². The molecule has 1 aliphatic rings. The molecule has 1 aliphatic heterocycles. The van der Waals surface area contributed by atoms with E-state index in [9.17, 15) is 13.2 Å². The molecule has 0 radical (unpaired) electrons. The molecule has 1 aromatic heterocycles. The standard InChI is InChI=1S/C24H27N3O4S/c1-16-5-4-12-27(15-16)32(29,30)21-10-8-20(9-11-21)25-24(28)22-14-23(31-26-22)19-7-6-17(2)18(3)13-19/h6-11,13-14,16H,4-5,12,15H2,1-3H3,(H,25,28). The van der Waals surface area contributed by atoms with Crippen LogP contribution < -0.4 is 5.32 Å². The van der Waals surface area contributed by atoms with Gasteiger partial charge in [0.25, 0.3) is 5.91 Å². The molecule has 1 amide bonds. The normalized spacial score (nSPS) is 17.3. The number of carbonyl (C=O) groups is 1. The van der Waals surface area contributed by atoms with Crippen LogP contribution in [0.4, 0.5) is 5.69 Å². The molecule has 7 nitrogen and oxygen atoms in total. The van der Waals surface area contributed by atoms with E-state index in [4.69, 9.17) is 4.52 Å². The molecule has 0 saturated carbocycles. The number of aromatic nitrogens is 1. The number of hydrogen-bond acceptors (Lipinski definition) is 5. The van der Waals surface area contributed by atoms with Gasteiger partial charge in [-0.25, -0.2) is 8.42 Å². The van der Waals surface area contributed by atoms with Crippen molar-refractivity contribution in [3.05, 3.63) is 65.4 Å². The van der Waals surface area contributed by atoms with Gasteiger partial charge in [-0.2, -0.15) is 4.31 Å². The maximum atomic E-state index is 12.9. The Kier molecular flexibility index (Phi) is 6.17. The van der Waals surface area contributed by atoms with Gasteiger partial charge in [0, 0.05) is 30.4 Å². The monoisotopic (exact) mass is 453 g/mol. The second-order valence-corrected chi connectivity index (χ2v) is 10.4. The van der Waals surface area contributed by atoms with Crippen molar-refractivity contribution in [3.8, 4) is 11.3 Å². The number of amides is 1. The van der Waals surface area contributed by atoms with Gasteiger partial charge in [-0.15, -0.1) is 0 Å². The van der Waals surface area contributed by atoms with E-state index in [1.165, 1.54) is 17.7 Å². The smallest absolute Gasteiger partial charge is 0.277 e. The molecule has 0 bridgehead atoms. The van der Waals surface area contributed by atoms with Gasteiger partial charge in [0.2, 0.25) is 10.0 Å². The molecular formula is C24H27N3O4S. The van der Waals surface area contributed by atoms with Crippen molar-refractivity contribution in [1.29, 1.82) is 0 Å². The highest BCUT2D eigenvalue weighted by Crippen LogP contribution is 2.25. The number of sulfonamides is 1. The van der Waals surface area contributed by atoms with E-state index in [0.29, 0.717) is 30.5 Å². The number of nitrogens with zero attached hydrogens (tertiary/aromatic N) is 2. The lowest BCUT2D eigenvalue weighted by atomic mass is 10.0. The summed E-state index contributed by atoms with van der Waals surface area (Å²) in [7, 11) is -3.53. The van der Waals surface area contributed by atoms with Gasteiger partial charge in [0.1, 0.15) is 0 Å². The fourth-order valence-electron chi connectivity index (χ4n) is 3.83. The lowest BCUT2D eigenvalue weighted by Gasteiger charge is -2.30. The molecule has 0 aliphatic carbocycles. The molecule has 3 aromatic rings. The minimum Gasteiger partial charge on any atom is -0.355 e. The summed E-state index contributed by atoms with van der Waals surface area (Å²) in [5.74, 6) is 0.438. The number of hydrogen-bond donors (Lipinski definition) is 1. The number of rotatable bonds is 5. The van der Waals surface area contributed by atoms with Crippen molar-refractivity contribution < 1.29 is 17.7 Å². The van der Waals surface area contributed by atoms with Crippen LogP contribution in [-0.2, 0) is 10.0 Å². The maximum absolute atomic E-state index is 12.9. The summed E-state index contributed by atoms with van der Waals surface area (Å²) >= 11 is 0. The van der Waals surface area contributed by atoms with Gasteiger partial charge in [-0.1, -0.05) is 24.2 Å². The summed E-state index contributed by atoms with van der Waals surface area (Å²) in [6, 6.07) is 13.7. The van der Waals surface area contributed by atoms with Gasteiger partial charge in [0.05, 0.1) is 4.90 Å². The number of benzene rings is 2. The van der Waals surface area contributed by atoms with Crippen LogP contribution in [-0.4, -0.2) is 36.9 Å². The van der Waals surface area contributed by atoms with Crippen LogP contribution >= 0.6 is 0 Å². The first kappa shape index (κ1) is 22.2. The van der Waals surface area contributed by atoms with E-state index in [2.05, 4.69) is 17.4 Å². The predicted octanol–water partition coefficient (Wildman–Crippen LogP) is 4.63. The Hall–Kier alpha value is -2.97. The van der Waals surface area contributed by atoms with E-state index < -0.39 is 15.9 Å². The average molecular weight is 454 g/mol. The number of piperidine rings is 1. The highest BCUT2D eigenvalue weighted by atomic mass is 32.2. The topological polar surface area (TPSA) is 92.5 Å². The molecule has 8 heteroatoms. The lowest BCUT2D eigenvalue weighted by Crippen LogP contribution is -2.39. The second-order valence-electron chi connectivity index (χ2n) is 8.46. The molecule has 168 valence electrons. The second kappa shape index (κ2) is 8.88. The molecule has 32 heavy (non-hydrogen) atoms. The van der Waals surface area contributed by atoms with Crippen LogP contribution in [0, 0.1) is 19.8 Å². The molecule has 1 N–H and O–H groups in total. The Morgan fingerprint density at radius 2 is 1.84 bits per heavy atom. The third kappa shape index (κ3) is 4.61. The van der Waals surface area contributed by atoms with Crippen LogP contribution in [0.1, 0.15) is 41.4 Å². The van der Waals surface area contributed by atoms with E-state index >= 15 is 0 Å². The van der Waals surface area contributed by atoms with E-state index in [1.54, 1.807) is 22.5 Å². The first-order valence-electron chi connectivity index (χ1n) is 10.7. The first-order chi connectivity index (χ1) is 15.2. The van der Waals surface area contributed by atoms with Crippen molar-refractivity contribution in [2.75, 3.05) is 18.4 Å². The summed E-state index contributed by atoms with van der Waals surface area (Å²) in [4.78, 5) is 12.8. The summed E-state index contributed by atoms with van der Waals surface area (Å²) in [6.45, 7) is 7.19. The number of nitrogens with one attached hydrogen (secondary N) is 1. The third-order valence-corrected chi connectivity index (χ3v) is 7.78. The van der Waals surface area contributed by atoms with E-state index in [0.717, 1.165) is 24.0 Å². The summed E-state index contributed by atoms with van der Waals surface area (Å²) in [5, 5.41) is 6.62. The zero-order valence-corrected chi connectivity index (χ0v) is 19.3. The van der Waals surface area contributed by atoms with Crippen LogP contribution in [0.5, 0.6) is 0 Å². The SMILES string of the molecule is Cc1ccc(-c2cc(C(=O)Nc3ccc(S(=O)(=O)N4CCCC(C)C4)cc3)no2)cc1C. The molecule has 2 heterocycles. The maximum Gasteiger partial charge on any atom is 0.277 e. The lowest BCUT2D eigenvalue weighted by molar-refractivity contribution is 0.101. The zero-order chi connectivity index (χ0) is 22.9. The first-order valence-corrected chi connectivity index (χ1v) is 12.1. The minimum atomic E-state index is -3.53. The van der Waals surface area contributed by atoms with Gasteiger partial charge in [-0.05, 0) is 74.1 Å². The molecule has 2 aromatic carbocycles. The summed E-state index contributed by atoms with van der Waals surface area (Å²) in [5.41, 5.74) is 3.78. The van der Waals surface area contributed by atoms with Gasteiger partial charge in [0.15, 0.2) is 11.5 Å². The number of aryl methyl sites for hydroxylation is 2. The summed E-state index contributed by atoms with van der Waals surface area (Å²) in [6.07, 6.45) is 1.92. The fraction of sp³-hybridized carbons (Fsp3) is 0.333. The van der Waals surface area contributed by atoms with Crippen molar-refractivity contribution in [2.45, 2.75) is 38.5 Å². The zero-order valence-electron chi connectivity index (χ0n) is 18.5. The Labute approximate surface area is 188 Å². The van der Waals surface area contributed by atoms with Crippen molar-refractivity contribution in [2.24, 2.45) is 5.92 Å². The van der Waals surface area contributed by atoms with Crippen LogP contribution in [0.25, 0.3) is 11.3 Å². The molecular weight excluding hydrogens is 426 g/mol. The Morgan fingerprint density at radius 1 is 1.09 bits per heavy atom. The Balaban J connectivity index is 1.45. The van der Waals surface area contributed by atoms with Gasteiger partial charge in [-0.3, -0.25) is 4.79 Å². The average Bonchev–Trinajstić information content (AvgIpc) is 3.26. The largest absolute Gasteiger partial charge is 0.355 e. The fourth-order valence-corrected chi connectivity index (χ4v) is 5.43. The molecule has 1 saturated heterocycles. The molecule has 1 atom stereocenters. The minimum absolute atomic E-state index is 0.150. The van der Waals surface area contributed by atoms with Crippen molar-refractivity contribution in [3.63, 3.8) is 0 Å². The quantitative estimate of drug-likeness (QED) is 0.608. The van der Waals surface area contributed by atoms with Gasteiger partial charge < -0.3 is 9.84 Å². The van der Waals surface area contributed by atoms with E-state index in [-0.39, 0.29) is 10.6 Å². The van der Waals surface area contributed by atoms with E-state index in [1.807, 2.05) is 32.0 Å². The molecule has 1 unspecified atom stereocenters. The highest BCUT2D eigenvalue weighted by molar-refractivity contribution is 7.89.